The Kier molecular flexibility index (Phi) is 5.37. The summed E-state index contributed by atoms with van der Waals surface area (Å²) in [5.74, 6) is -0.335. The molecule has 0 saturated heterocycles. The highest BCUT2D eigenvalue weighted by Gasteiger charge is 2.04. The molecule has 3 nitrogen and oxygen atoms in total. The highest BCUT2D eigenvalue weighted by molar-refractivity contribution is 5.86. The van der Waals surface area contributed by atoms with Crippen molar-refractivity contribution in [2.75, 3.05) is 13.7 Å². The van der Waals surface area contributed by atoms with Gasteiger partial charge in [-0.25, -0.2) is 4.79 Å². The molecule has 0 bridgehead atoms. The van der Waals surface area contributed by atoms with E-state index in [1.165, 1.54) is 0 Å². The molecule has 0 unspecified atom stereocenters. The SMILES string of the molecule is C=C(C)C(=O)OCC[C@@H](C)OC. The molecule has 1 atom stereocenters. The zero-order valence-electron chi connectivity index (χ0n) is 7.92. The van der Waals surface area contributed by atoms with Gasteiger partial charge in [-0.1, -0.05) is 6.58 Å². The Morgan fingerprint density at radius 2 is 2.17 bits per heavy atom. The van der Waals surface area contributed by atoms with Crippen molar-refractivity contribution >= 4 is 5.97 Å². The molecule has 0 spiro atoms. The molecule has 0 rings (SSSR count). The fraction of sp³-hybridized carbons (Fsp3) is 0.667. The predicted octanol–water partition coefficient (Wildman–Crippen LogP) is 1.53. The molecule has 0 aromatic heterocycles. The Morgan fingerprint density at radius 1 is 1.58 bits per heavy atom. The van der Waals surface area contributed by atoms with Gasteiger partial charge >= 0.3 is 5.97 Å². The van der Waals surface area contributed by atoms with Crippen LogP contribution >= 0.6 is 0 Å². The maximum Gasteiger partial charge on any atom is 0.333 e. The van der Waals surface area contributed by atoms with Gasteiger partial charge in [0.15, 0.2) is 0 Å². The van der Waals surface area contributed by atoms with E-state index in [0.29, 0.717) is 12.2 Å². The van der Waals surface area contributed by atoms with Gasteiger partial charge in [0.25, 0.3) is 0 Å². The number of carbonyl (C=O) groups excluding carboxylic acids is 1. The molecule has 0 saturated carbocycles. The highest BCUT2D eigenvalue weighted by Crippen LogP contribution is 1.98. The van der Waals surface area contributed by atoms with E-state index in [9.17, 15) is 4.79 Å². The third-order valence-electron chi connectivity index (χ3n) is 1.51. The molecule has 12 heavy (non-hydrogen) atoms. The van der Waals surface area contributed by atoms with Gasteiger partial charge in [-0.3, -0.25) is 0 Å². The minimum Gasteiger partial charge on any atom is -0.462 e. The summed E-state index contributed by atoms with van der Waals surface area (Å²) >= 11 is 0. The van der Waals surface area contributed by atoms with Crippen molar-refractivity contribution in [2.45, 2.75) is 26.4 Å². The summed E-state index contributed by atoms with van der Waals surface area (Å²) in [5, 5.41) is 0. The van der Waals surface area contributed by atoms with E-state index >= 15 is 0 Å². The molecule has 0 aliphatic carbocycles. The van der Waals surface area contributed by atoms with Crippen LogP contribution in [0.15, 0.2) is 12.2 Å². The number of esters is 1. The van der Waals surface area contributed by atoms with Gasteiger partial charge in [-0.2, -0.15) is 0 Å². The first-order valence-electron chi connectivity index (χ1n) is 3.93. The number of hydrogen-bond donors (Lipinski definition) is 0. The number of carbonyl (C=O) groups is 1. The van der Waals surface area contributed by atoms with Gasteiger partial charge in [0.1, 0.15) is 0 Å². The molecular weight excluding hydrogens is 156 g/mol. The van der Waals surface area contributed by atoms with Crippen LogP contribution in [0.2, 0.25) is 0 Å². The van der Waals surface area contributed by atoms with Crippen LogP contribution in [0.1, 0.15) is 20.3 Å². The van der Waals surface area contributed by atoms with Crippen LogP contribution in [0.3, 0.4) is 0 Å². The zero-order chi connectivity index (χ0) is 9.56. The van der Waals surface area contributed by atoms with Gasteiger partial charge in [0, 0.05) is 19.1 Å². The van der Waals surface area contributed by atoms with Crippen molar-refractivity contribution in [1.82, 2.24) is 0 Å². The normalized spacial score (nSPS) is 12.2. The summed E-state index contributed by atoms with van der Waals surface area (Å²) in [5.41, 5.74) is 0.431. The molecule has 3 heteroatoms. The van der Waals surface area contributed by atoms with Crippen molar-refractivity contribution in [3.63, 3.8) is 0 Å². The van der Waals surface area contributed by atoms with Gasteiger partial charge in [0.2, 0.25) is 0 Å². The Morgan fingerprint density at radius 3 is 2.58 bits per heavy atom. The van der Waals surface area contributed by atoms with Crippen LogP contribution in [0.25, 0.3) is 0 Å². The van der Waals surface area contributed by atoms with E-state index in [1.807, 2.05) is 6.92 Å². The quantitative estimate of drug-likeness (QED) is 0.466. The van der Waals surface area contributed by atoms with Crippen LogP contribution in [0, 0.1) is 0 Å². The zero-order valence-corrected chi connectivity index (χ0v) is 7.92. The Balaban J connectivity index is 3.44. The Hall–Kier alpha value is -0.830. The first kappa shape index (κ1) is 11.2. The van der Waals surface area contributed by atoms with E-state index in [4.69, 9.17) is 9.47 Å². The fourth-order valence-electron chi connectivity index (χ4n) is 0.559. The monoisotopic (exact) mass is 172 g/mol. The van der Waals surface area contributed by atoms with Gasteiger partial charge in [-0.05, 0) is 13.8 Å². The van der Waals surface area contributed by atoms with Crippen molar-refractivity contribution in [3.05, 3.63) is 12.2 Å². The summed E-state index contributed by atoms with van der Waals surface area (Å²) in [7, 11) is 1.63. The summed E-state index contributed by atoms with van der Waals surface area (Å²) in [6, 6.07) is 0. The molecule has 0 N–H and O–H groups in total. The van der Waals surface area contributed by atoms with Crippen molar-refractivity contribution < 1.29 is 14.3 Å². The lowest BCUT2D eigenvalue weighted by molar-refractivity contribution is -0.139. The minimum absolute atomic E-state index is 0.128. The lowest BCUT2D eigenvalue weighted by Gasteiger charge is -2.09. The van der Waals surface area contributed by atoms with E-state index in [0.717, 1.165) is 6.42 Å². The first-order chi connectivity index (χ1) is 5.57. The van der Waals surface area contributed by atoms with E-state index in [1.54, 1.807) is 14.0 Å². The van der Waals surface area contributed by atoms with Gasteiger partial charge in [0.05, 0.1) is 12.7 Å². The molecule has 0 aliphatic rings. The summed E-state index contributed by atoms with van der Waals surface area (Å²) in [6.07, 6.45) is 0.845. The van der Waals surface area contributed by atoms with Crippen LogP contribution < -0.4 is 0 Å². The topological polar surface area (TPSA) is 35.5 Å². The average molecular weight is 172 g/mol. The fourth-order valence-corrected chi connectivity index (χ4v) is 0.559. The lowest BCUT2D eigenvalue weighted by atomic mass is 10.3. The molecule has 0 amide bonds. The minimum atomic E-state index is -0.335. The average Bonchev–Trinajstić information content (AvgIpc) is 2.03. The van der Waals surface area contributed by atoms with Crippen LogP contribution in [-0.2, 0) is 14.3 Å². The summed E-state index contributed by atoms with van der Waals surface area (Å²) < 4.78 is 9.84. The molecular formula is C9H16O3. The first-order valence-corrected chi connectivity index (χ1v) is 3.93. The number of rotatable bonds is 5. The second kappa shape index (κ2) is 5.77. The predicted molar refractivity (Wildman–Crippen MR) is 46.9 cm³/mol. The standard InChI is InChI=1S/C9H16O3/c1-7(2)9(10)12-6-5-8(3)11-4/h8H,1,5-6H2,2-4H3/t8-/m1/s1. The van der Waals surface area contributed by atoms with Crippen LogP contribution in [0.5, 0.6) is 0 Å². The number of ether oxygens (including phenoxy) is 2. The molecule has 0 aromatic rings. The van der Waals surface area contributed by atoms with Crippen LogP contribution in [-0.4, -0.2) is 25.8 Å². The van der Waals surface area contributed by atoms with Crippen molar-refractivity contribution in [1.29, 1.82) is 0 Å². The van der Waals surface area contributed by atoms with Crippen molar-refractivity contribution in [3.8, 4) is 0 Å². The molecule has 0 radical (unpaired) electrons. The molecule has 0 aromatic carbocycles. The molecule has 0 heterocycles. The third kappa shape index (κ3) is 4.91. The lowest BCUT2D eigenvalue weighted by Crippen LogP contribution is -2.12. The van der Waals surface area contributed by atoms with E-state index < -0.39 is 0 Å². The maximum absolute atomic E-state index is 10.9. The summed E-state index contributed by atoms with van der Waals surface area (Å²) in [4.78, 5) is 10.9. The van der Waals surface area contributed by atoms with Gasteiger partial charge in [-0.15, -0.1) is 0 Å². The molecule has 0 fully saturated rings. The third-order valence-corrected chi connectivity index (χ3v) is 1.51. The second-order valence-electron chi connectivity index (χ2n) is 2.75. The largest absolute Gasteiger partial charge is 0.462 e. The smallest absolute Gasteiger partial charge is 0.333 e. The number of methoxy groups -OCH3 is 1. The maximum atomic E-state index is 10.9. The van der Waals surface area contributed by atoms with E-state index in [-0.39, 0.29) is 12.1 Å². The Bertz CT molecular complexity index is 163. The number of hydrogen-bond acceptors (Lipinski definition) is 3. The van der Waals surface area contributed by atoms with Crippen LogP contribution in [0.4, 0.5) is 0 Å². The van der Waals surface area contributed by atoms with Crippen molar-refractivity contribution in [2.24, 2.45) is 0 Å². The highest BCUT2D eigenvalue weighted by atomic mass is 16.5. The summed E-state index contributed by atoms with van der Waals surface area (Å²) in [6.45, 7) is 7.41. The van der Waals surface area contributed by atoms with E-state index in [2.05, 4.69) is 6.58 Å². The molecule has 0 aliphatic heterocycles. The second-order valence-corrected chi connectivity index (χ2v) is 2.75. The van der Waals surface area contributed by atoms with Gasteiger partial charge < -0.3 is 9.47 Å². The molecule has 70 valence electrons. The Labute approximate surface area is 73.4 Å².